The SMILES string of the molecule is CCCNC(=O)N1CC(=O)N2[C@@H](CO)[C@H](c3ccc(-c4cccc(C)c4)cc3)[C@@H]2C1.CCCNC(=O)N1CC(=O)N2[C@@H](COC)[C@H](c3ccc(-c4cccc(C)c4)cc3)[C@@H]2C1.COC[C@@H]1[C@@H](c2ccc(-c3cccc(C)c3)cc2)[C@@H]2CN(C(=O)Cc3ccccn3)CC(=O)N12.Cc1cccc(-c2ccc([C@@H]3[C@@H](CO)N4C(=O)CN(C(=O)Cc5ccccn5)C[C@@H]34)cc2)c1. The van der Waals surface area contributed by atoms with E-state index in [9.17, 15) is 48.6 Å². The maximum atomic E-state index is 13.0. The lowest BCUT2D eigenvalue weighted by molar-refractivity contribution is -0.167. The number of carbonyl (C=O) groups is 8. The number of hydrogen-bond donors (Lipinski definition) is 4. The van der Waals surface area contributed by atoms with Gasteiger partial charge >= 0.3 is 12.1 Å². The summed E-state index contributed by atoms with van der Waals surface area (Å²) in [7, 11) is 3.34. The Balaban J connectivity index is 0.000000131. The smallest absolute Gasteiger partial charge is 0.317 e. The molecule has 18 rings (SSSR count). The molecule has 10 heterocycles. The van der Waals surface area contributed by atoms with Crippen molar-refractivity contribution in [1.82, 2.24) is 59.8 Å². The number of nitrogens with zero attached hydrogens (tertiary/aromatic N) is 10. The van der Waals surface area contributed by atoms with Gasteiger partial charge in [-0.1, -0.05) is 242 Å². The Hall–Kier alpha value is -12.7. The van der Waals surface area contributed by atoms with Gasteiger partial charge in [-0.15, -0.1) is 0 Å². The normalized spacial score (nSPS) is 22.3. The van der Waals surface area contributed by atoms with Crippen LogP contribution in [-0.4, -0.2) is 261 Å². The molecule has 10 aromatic rings. The summed E-state index contributed by atoms with van der Waals surface area (Å²) >= 11 is 0. The quantitative estimate of drug-likeness (QED) is 0.0491. The van der Waals surface area contributed by atoms with Crippen LogP contribution in [0.3, 0.4) is 0 Å². The number of aliphatic hydroxyl groups excluding tert-OH is 2. The Morgan fingerprint density at radius 1 is 0.352 bits per heavy atom. The Bertz CT molecular complexity index is 5570. The van der Waals surface area contributed by atoms with Crippen LogP contribution in [0.1, 0.15) is 106 Å². The van der Waals surface area contributed by atoms with Crippen molar-refractivity contribution in [2.24, 2.45) is 0 Å². The van der Waals surface area contributed by atoms with Gasteiger partial charge in [-0.25, -0.2) is 9.59 Å². The number of aromatic nitrogens is 2. The lowest BCUT2D eigenvalue weighted by atomic mass is 9.73. The predicted octanol–water partition coefficient (Wildman–Crippen LogP) is 12.4. The molecule has 4 N–H and O–H groups in total. The molecule has 128 heavy (non-hydrogen) atoms. The molecule has 0 aliphatic carbocycles. The van der Waals surface area contributed by atoms with Gasteiger partial charge in [0.1, 0.15) is 13.1 Å². The van der Waals surface area contributed by atoms with Crippen molar-refractivity contribution in [3.8, 4) is 44.5 Å². The fourth-order valence-corrected chi connectivity index (χ4v) is 20.1. The fourth-order valence-electron chi connectivity index (χ4n) is 20.1. The van der Waals surface area contributed by atoms with E-state index in [0.29, 0.717) is 58.2 Å². The van der Waals surface area contributed by atoms with Gasteiger partial charge in [-0.05, 0) is 132 Å². The van der Waals surface area contributed by atoms with Gasteiger partial charge in [0.15, 0.2) is 0 Å². The van der Waals surface area contributed by atoms with Gasteiger partial charge < -0.3 is 69.5 Å². The first-order valence-electron chi connectivity index (χ1n) is 44.7. The standard InChI is InChI=1S/C28H29N3O3.C27H27N3O3.C25H31N3O3.C24H29N3O3/c1-19-6-5-7-22(14-19)20-9-11-21(12-10-20)28-24-16-30(17-27(33)31(24)25(28)18-34-2)26(32)15-23-8-3-4-13-29-23;1-18-5-4-6-21(13-18)19-8-10-20(11-9-19)27-23-15-29(16-26(33)30(23)24(27)17-31)25(32)14-22-7-2-3-12-28-22;1-4-12-26-25(30)27-14-21-24(22(16-31-3)28(21)23(29)15-27)19-10-8-18(9-11-19)20-7-5-6-17(2)13-20;1-3-11-25-24(30)26-13-20-23(21(15-28)27(20)22(29)14-26)18-9-7-17(8-10-18)19-6-4-5-16(2)12-19/h3-14,24-25,28H,15-18H2,1-2H3;2-13,23-24,27,31H,14-17H2,1H3;5-11,13,21-22,24H,4,12,14-16H2,1-3H3,(H,26,30);4-10,12,20-21,23,28H,3,11,13-15H2,1-2H3,(H,25,30)/t24-,25+,28-;23-,24+,27-;21-,22-,24+;20-,21-,23+/m0000/s1. The van der Waals surface area contributed by atoms with Crippen LogP contribution in [0, 0.1) is 27.7 Å². The first-order valence-corrected chi connectivity index (χ1v) is 44.7. The zero-order chi connectivity index (χ0) is 89.8. The van der Waals surface area contributed by atoms with E-state index in [2.05, 4.69) is 236 Å². The zero-order valence-electron chi connectivity index (χ0n) is 74.2. The maximum absolute atomic E-state index is 13.0. The Kier molecular flexibility index (Phi) is 28.8. The summed E-state index contributed by atoms with van der Waals surface area (Å²) in [5, 5.41) is 25.7. The second kappa shape index (κ2) is 40.9. The van der Waals surface area contributed by atoms with E-state index >= 15 is 0 Å². The van der Waals surface area contributed by atoms with Gasteiger partial charge in [-0.2, -0.15) is 0 Å². The highest BCUT2D eigenvalue weighted by molar-refractivity contribution is 5.91. The summed E-state index contributed by atoms with van der Waals surface area (Å²) in [6.07, 6.45) is 5.46. The van der Waals surface area contributed by atoms with Gasteiger partial charge in [0.05, 0.1) is 101 Å². The molecule has 0 bridgehead atoms. The number of aryl methyl sites for hydroxylation is 4. The maximum Gasteiger partial charge on any atom is 0.317 e. The molecule has 8 saturated heterocycles. The first-order chi connectivity index (χ1) is 62.1. The van der Waals surface area contributed by atoms with Crippen molar-refractivity contribution in [1.29, 1.82) is 0 Å². The number of rotatable bonds is 22. The number of amides is 10. The van der Waals surface area contributed by atoms with Crippen molar-refractivity contribution < 1.29 is 58.0 Å². The molecular weight excluding hydrogens is 1610 g/mol. The van der Waals surface area contributed by atoms with Crippen LogP contribution in [-0.2, 0) is 51.1 Å². The van der Waals surface area contributed by atoms with E-state index in [1.807, 2.05) is 66.1 Å². The minimum Gasteiger partial charge on any atom is -0.394 e. The Morgan fingerprint density at radius 2 is 0.625 bits per heavy atom. The molecule has 24 nitrogen and oxygen atoms in total. The number of hydrogen-bond acceptors (Lipinski definition) is 14. The minimum atomic E-state index is -0.250. The molecule has 8 aliphatic heterocycles. The fraction of sp³-hybridized carbons (Fsp3) is 0.365. The summed E-state index contributed by atoms with van der Waals surface area (Å²) in [4.78, 5) is 125. The monoisotopic (exact) mass is 1720 g/mol. The molecule has 12 atom stereocenters. The van der Waals surface area contributed by atoms with E-state index in [0.717, 1.165) is 46.4 Å². The largest absolute Gasteiger partial charge is 0.394 e. The van der Waals surface area contributed by atoms with E-state index in [4.69, 9.17) is 9.47 Å². The third-order valence-corrected chi connectivity index (χ3v) is 26.3. The number of fused-ring (bicyclic) bond motifs is 4. The lowest BCUT2D eigenvalue weighted by Crippen LogP contribution is -2.74. The zero-order valence-corrected chi connectivity index (χ0v) is 74.2. The van der Waals surface area contributed by atoms with E-state index in [-0.39, 0.29) is 172 Å². The van der Waals surface area contributed by atoms with Crippen LogP contribution in [0.5, 0.6) is 0 Å². The number of piperazine rings is 4. The third-order valence-electron chi connectivity index (χ3n) is 26.3. The van der Waals surface area contributed by atoms with E-state index < -0.39 is 0 Å². The molecule has 0 saturated carbocycles. The van der Waals surface area contributed by atoms with Gasteiger partial charge in [0.2, 0.25) is 35.4 Å². The van der Waals surface area contributed by atoms with E-state index in [1.165, 1.54) is 61.2 Å². The molecule has 0 radical (unpaired) electrons. The van der Waals surface area contributed by atoms with E-state index in [1.54, 1.807) is 56.0 Å². The number of ether oxygens (including phenoxy) is 2. The lowest BCUT2D eigenvalue weighted by Gasteiger charge is -2.59. The number of carbonyl (C=O) groups excluding carboxylic acids is 8. The second-order valence-corrected chi connectivity index (χ2v) is 34.9. The molecule has 664 valence electrons. The van der Waals surface area contributed by atoms with Crippen molar-refractivity contribution in [2.75, 3.05) is 106 Å². The van der Waals surface area contributed by atoms with Gasteiger partial charge in [-0.3, -0.25) is 38.7 Å². The average molecular weight is 1730 g/mol. The second-order valence-electron chi connectivity index (χ2n) is 34.9. The molecule has 8 aliphatic rings. The predicted molar refractivity (Wildman–Crippen MR) is 493 cm³/mol. The van der Waals surface area contributed by atoms with Crippen molar-refractivity contribution in [2.45, 2.75) is 139 Å². The highest BCUT2D eigenvalue weighted by atomic mass is 16.5. The van der Waals surface area contributed by atoms with Crippen LogP contribution in [0.25, 0.3) is 44.5 Å². The molecule has 2 aromatic heterocycles. The average Bonchev–Trinajstić information content (AvgIpc) is 0.739. The molecule has 8 aromatic carbocycles. The number of pyridine rings is 2. The number of methoxy groups -OCH3 is 2. The summed E-state index contributed by atoms with van der Waals surface area (Å²) in [5.41, 5.74) is 20.2. The van der Waals surface area contributed by atoms with Crippen molar-refractivity contribution in [3.63, 3.8) is 0 Å². The van der Waals surface area contributed by atoms with Gasteiger partial charge in [0, 0.05) is 101 Å². The topological polar surface area (TPSA) is 271 Å². The number of nitrogens with one attached hydrogen (secondary N) is 2. The van der Waals surface area contributed by atoms with Crippen LogP contribution < -0.4 is 10.6 Å². The summed E-state index contributed by atoms with van der Waals surface area (Å²) < 4.78 is 10.9. The molecule has 24 heteroatoms. The number of aliphatic hydroxyl groups is 2. The Labute approximate surface area is 749 Å². The molecule has 0 unspecified atom stereocenters. The van der Waals surface area contributed by atoms with Crippen molar-refractivity contribution >= 4 is 47.5 Å². The number of benzene rings is 8. The molecule has 0 spiro atoms. The highest BCUT2D eigenvalue weighted by Gasteiger charge is 2.59. The minimum absolute atomic E-state index is 0.00224. The molecule has 8 fully saturated rings. The Morgan fingerprint density at radius 3 is 0.883 bits per heavy atom. The van der Waals surface area contributed by atoms with Crippen LogP contribution in [0.15, 0.2) is 243 Å². The third kappa shape index (κ3) is 19.7. The summed E-state index contributed by atoms with van der Waals surface area (Å²) in [5.74, 6) is -0.0747. The van der Waals surface area contributed by atoms with Crippen LogP contribution >= 0.6 is 0 Å². The highest BCUT2D eigenvalue weighted by Crippen LogP contribution is 2.48. The number of urea groups is 2. The van der Waals surface area contributed by atoms with Gasteiger partial charge in [0.25, 0.3) is 0 Å². The summed E-state index contributed by atoms with van der Waals surface area (Å²) in [6, 6.07) is 77.5. The molecular formula is C104H116N12O12. The van der Waals surface area contributed by atoms with Crippen LogP contribution in [0.4, 0.5) is 9.59 Å². The van der Waals surface area contributed by atoms with Crippen LogP contribution in [0.2, 0.25) is 0 Å². The molecule has 10 amide bonds. The summed E-state index contributed by atoms with van der Waals surface area (Å²) in [6.45, 7) is 16.8. The van der Waals surface area contributed by atoms with Crippen molar-refractivity contribution in [3.05, 3.63) is 299 Å². The first kappa shape index (κ1) is 90.1.